The van der Waals surface area contributed by atoms with Gasteiger partial charge in [-0.15, -0.1) is 0 Å². The Morgan fingerprint density at radius 3 is 2.20 bits per heavy atom. The van der Waals surface area contributed by atoms with Gasteiger partial charge in [-0.1, -0.05) is 54.0 Å². The maximum absolute atomic E-state index is 14.3. The van der Waals surface area contributed by atoms with Crippen molar-refractivity contribution < 1.29 is 14.4 Å². The lowest BCUT2D eigenvalue weighted by Gasteiger charge is -2.70. The lowest BCUT2D eigenvalue weighted by atomic mass is 9.33. The molecular weight excluding hydrogens is 436 g/mol. The van der Waals surface area contributed by atoms with Crippen LogP contribution in [0.25, 0.3) is 0 Å². The third-order valence-electron chi connectivity index (χ3n) is 13.0. The maximum atomic E-state index is 14.3. The van der Waals surface area contributed by atoms with E-state index in [0.29, 0.717) is 6.42 Å². The third-order valence-corrected chi connectivity index (χ3v) is 13.0. The molecule has 5 nitrogen and oxygen atoms in total. The number of primary amides is 1. The molecular formula is C30H46N2O3. The normalized spacial score (nSPS) is 53.0. The highest BCUT2D eigenvalue weighted by atomic mass is 16.1. The van der Waals surface area contributed by atoms with Crippen LogP contribution < -0.4 is 11.5 Å². The van der Waals surface area contributed by atoms with Crippen molar-refractivity contribution in [3.63, 3.8) is 0 Å². The second-order valence-corrected chi connectivity index (χ2v) is 15.1. The van der Waals surface area contributed by atoms with Gasteiger partial charge in [0, 0.05) is 17.8 Å². The monoisotopic (exact) mass is 482 g/mol. The Balaban J connectivity index is 1.64. The first-order chi connectivity index (χ1) is 16.0. The zero-order valence-electron chi connectivity index (χ0n) is 22.9. The summed E-state index contributed by atoms with van der Waals surface area (Å²) >= 11 is 0. The van der Waals surface area contributed by atoms with E-state index in [4.69, 9.17) is 11.5 Å². The Morgan fingerprint density at radius 2 is 1.57 bits per heavy atom. The quantitative estimate of drug-likeness (QED) is 0.551. The van der Waals surface area contributed by atoms with Crippen LogP contribution >= 0.6 is 0 Å². The SMILES string of the molecule is CC1(C)C(N)C(=O)C[C@@]2(C)C1CC[C@]1(C)[C@@H]2C(=O)C=C2[C@@H]3C[C@@](C)(C(N)=O)CC[C@]3(C)CC[C@]21C. The van der Waals surface area contributed by atoms with Crippen LogP contribution in [0.3, 0.4) is 0 Å². The molecule has 0 bridgehead atoms. The minimum Gasteiger partial charge on any atom is -0.369 e. The number of allylic oxidation sites excluding steroid dienone is 2. The number of rotatable bonds is 1. The number of hydrogen-bond donors (Lipinski definition) is 2. The fraction of sp³-hybridized carbons (Fsp3) is 0.833. The first kappa shape index (κ1) is 25.2. The standard InChI is InChI=1S/C30H46N2O3/c1-25(2)21-8-9-30(7)22(28(21,5)16-20(34)23(25)31)19(33)14-17-18-15-27(4,24(32)35)11-10-26(18,3)12-13-29(17,30)6/h14,18,21-23H,8-13,15-16,31H2,1-7H3,(H2,32,35)/t18-,21?,22+,23?,26+,27-,28-,29+,30+/m0/s1. The number of carbonyl (C=O) groups is 3. The molecule has 0 heterocycles. The summed E-state index contributed by atoms with van der Waals surface area (Å²) in [5.41, 5.74) is 12.1. The number of ketones is 2. The fourth-order valence-corrected chi connectivity index (χ4v) is 10.4. The van der Waals surface area contributed by atoms with Gasteiger partial charge >= 0.3 is 0 Å². The highest BCUT2D eigenvalue weighted by Crippen LogP contribution is 2.74. The van der Waals surface area contributed by atoms with Gasteiger partial charge < -0.3 is 11.5 Å². The van der Waals surface area contributed by atoms with Gasteiger partial charge in [-0.25, -0.2) is 0 Å². The second kappa shape index (κ2) is 7.08. The molecule has 4 N–H and O–H groups in total. The first-order valence-electron chi connectivity index (χ1n) is 13.8. The highest BCUT2D eigenvalue weighted by molar-refractivity contribution is 5.97. The van der Waals surface area contributed by atoms with E-state index in [-0.39, 0.29) is 62.3 Å². The van der Waals surface area contributed by atoms with E-state index in [1.165, 1.54) is 5.57 Å². The number of carbonyl (C=O) groups excluding carboxylic acids is 3. The molecule has 5 aliphatic carbocycles. The zero-order chi connectivity index (χ0) is 26.0. The Bertz CT molecular complexity index is 1050. The Hall–Kier alpha value is -1.49. The summed E-state index contributed by atoms with van der Waals surface area (Å²) in [4.78, 5) is 39.9. The molecule has 5 heteroatoms. The molecule has 35 heavy (non-hydrogen) atoms. The van der Waals surface area contributed by atoms with Crippen molar-refractivity contribution in [1.29, 1.82) is 0 Å². The summed E-state index contributed by atoms with van der Waals surface area (Å²) in [6.45, 7) is 15.6. The maximum Gasteiger partial charge on any atom is 0.223 e. The van der Waals surface area contributed by atoms with Crippen LogP contribution in [0, 0.1) is 50.2 Å². The Kier molecular flexibility index (Phi) is 5.09. The van der Waals surface area contributed by atoms with Crippen molar-refractivity contribution in [2.45, 2.75) is 106 Å². The molecule has 1 amide bonds. The van der Waals surface area contributed by atoms with Crippen molar-refractivity contribution in [3.8, 4) is 0 Å². The third kappa shape index (κ3) is 2.94. The second-order valence-electron chi connectivity index (χ2n) is 15.1. The van der Waals surface area contributed by atoms with Crippen LogP contribution in [-0.4, -0.2) is 23.5 Å². The molecule has 4 saturated carbocycles. The van der Waals surface area contributed by atoms with E-state index in [1.54, 1.807) is 0 Å². The van der Waals surface area contributed by atoms with Crippen molar-refractivity contribution in [2.24, 2.45) is 61.7 Å². The number of nitrogens with two attached hydrogens (primary N) is 2. The predicted molar refractivity (Wildman–Crippen MR) is 137 cm³/mol. The van der Waals surface area contributed by atoms with Gasteiger partial charge in [0.05, 0.1) is 6.04 Å². The summed E-state index contributed by atoms with van der Waals surface area (Å²) in [5, 5.41) is 0. The van der Waals surface area contributed by atoms with Crippen LogP contribution in [0.15, 0.2) is 11.6 Å². The smallest absolute Gasteiger partial charge is 0.223 e. The van der Waals surface area contributed by atoms with Gasteiger partial charge in [-0.05, 0) is 89.9 Å². The van der Waals surface area contributed by atoms with E-state index in [9.17, 15) is 14.4 Å². The van der Waals surface area contributed by atoms with E-state index in [2.05, 4.69) is 41.5 Å². The fourth-order valence-electron chi connectivity index (χ4n) is 10.4. The summed E-state index contributed by atoms with van der Waals surface area (Å²) in [6.07, 6.45) is 9.03. The Morgan fingerprint density at radius 1 is 0.943 bits per heavy atom. The molecule has 0 radical (unpaired) electrons. The van der Waals surface area contributed by atoms with Crippen molar-refractivity contribution in [3.05, 3.63) is 11.6 Å². The molecule has 194 valence electrons. The topological polar surface area (TPSA) is 103 Å². The van der Waals surface area contributed by atoms with Crippen LogP contribution in [0.4, 0.5) is 0 Å². The van der Waals surface area contributed by atoms with Crippen molar-refractivity contribution in [2.75, 3.05) is 0 Å². The summed E-state index contributed by atoms with van der Waals surface area (Å²) in [5.74, 6) is 0.329. The molecule has 0 saturated heterocycles. The Labute approximate surface area is 211 Å². The minimum atomic E-state index is -0.524. The van der Waals surface area contributed by atoms with E-state index < -0.39 is 11.5 Å². The summed E-state index contributed by atoms with van der Waals surface area (Å²) < 4.78 is 0. The largest absolute Gasteiger partial charge is 0.369 e. The molecule has 5 aliphatic rings. The van der Waals surface area contributed by atoms with Gasteiger partial charge in [0.1, 0.15) is 0 Å². The number of amides is 1. The minimum absolute atomic E-state index is 0.0977. The van der Waals surface area contributed by atoms with E-state index in [0.717, 1.165) is 44.9 Å². The molecule has 2 unspecified atom stereocenters. The van der Waals surface area contributed by atoms with Crippen LogP contribution in [0.2, 0.25) is 0 Å². The first-order valence-corrected chi connectivity index (χ1v) is 13.8. The number of Topliss-reactive ketones (excluding diaryl/α,β-unsaturated/α-hetero) is 1. The summed E-state index contributed by atoms with van der Waals surface area (Å²) in [7, 11) is 0. The lowest BCUT2D eigenvalue weighted by molar-refractivity contribution is -0.188. The van der Waals surface area contributed by atoms with Crippen LogP contribution in [0.5, 0.6) is 0 Å². The van der Waals surface area contributed by atoms with Gasteiger partial charge in [-0.2, -0.15) is 0 Å². The number of hydrogen-bond acceptors (Lipinski definition) is 4. The average molecular weight is 483 g/mol. The zero-order valence-corrected chi connectivity index (χ0v) is 22.9. The van der Waals surface area contributed by atoms with Crippen molar-refractivity contribution >= 4 is 17.5 Å². The average Bonchev–Trinajstić information content (AvgIpc) is 2.74. The molecule has 0 aromatic heterocycles. The molecule has 5 rings (SSSR count). The molecule has 0 aromatic carbocycles. The van der Waals surface area contributed by atoms with Gasteiger partial charge in [0.2, 0.25) is 5.91 Å². The highest BCUT2D eigenvalue weighted by Gasteiger charge is 2.71. The molecule has 4 fully saturated rings. The molecule has 0 spiro atoms. The lowest BCUT2D eigenvalue weighted by Crippen LogP contribution is -2.69. The number of fused-ring (bicyclic) bond motifs is 7. The predicted octanol–water partition coefficient (Wildman–Crippen LogP) is 4.96. The van der Waals surface area contributed by atoms with E-state index >= 15 is 0 Å². The van der Waals surface area contributed by atoms with Gasteiger partial charge in [0.25, 0.3) is 0 Å². The van der Waals surface area contributed by atoms with Gasteiger partial charge in [-0.3, -0.25) is 14.4 Å². The van der Waals surface area contributed by atoms with Gasteiger partial charge in [0.15, 0.2) is 11.6 Å². The van der Waals surface area contributed by atoms with Crippen molar-refractivity contribution in [1.82, 2.24) is 0 Å². The van der Waals surface area contributed by atoms with E-state index in [1.807, 2.05) is 13.0 Å². The molecule has 0 aromatic rings. The van der Waals surface area contributed by atoms with Crippen LogP contribution in [-0.2, 0) is 14.4 Å². The molecule has 9 atom stereocenters. The summed E-state index contributed by atoms with van der Waals surface area (Å²) in [6, 6.07) is -0.464. The molecule has 0 aliphatic heterocycles. The van der Waals surface area contributed by atoms with Crippen LogP contribution in [0.1, 0.15) is 99.8 Å².